The third kappa shape index (κ3) is 4.17. The predicted octanol–water partition coefficient (Wildman–Crippen LogP) is 4.66. The maximum absolute atomic E-state index is 13.2. The van der Waals surface area contributed by atoms with E-state index >= 15 is 0 Å². The van der Waals surface area contributed by atoms with E-state index in [1.165, 1.54) is 11.6 Å². The molecule has 1 amide bonds. The van der Waals surface area contributed by atoms with Crippen molar-refractivity contribution in [1.82, 2.24) is 4.98 Å². The molecule has 2 aromatic carbocycles. The fourth-order valence-corrected chi connectivity index (χ4v) is 2.17. The zero-order chi connectivity index (χ0) is 17.8. The average Bonchev–Trinajstić information content (AvgIpc) is 2.61. The molecule has 0 unspecified atom stereocenters. The zero-order valence-corrected chi connectivity index (χ0v) is 13.4. The van der Waals surface area contributed by atoms with E-state index in [4.69, 9.17) is 0 Å². The van der Waals surface area contributed by atoms with Crippen LogP contribution in [-0.4, -0.2) is 10.9 Å². The summed E-state index contributed by atoms with van der Waals surface area (Å²) in [5, 5.41) is 5.73. The predicted molar refractivity (Wildman–Crippen MR) is 93.0 cm³/mol. The van der Waals surface area contributed by atoms with Gasteiger partial charge >= 0.3 is 0 Å². The van der Waals surface area contributed by atoms with Crippen molar-refractivity contribution in [1.29, 1.82) is 0 Å². The third-order valence-electron chi connectivity index (χ3n) is 3.53. The lowest BCUT2D eigenvalue weighted by Gasteiger charge is -2.08. The first kappa shape index (κ1) is 16.6. The Morgan fingerprint density at radius 1 is 0.920 bits per heavy atom. The Morgan fingerprint density at radius 2 is 1.64 bits per heavy atom. The van der Waals surface area contributed by atoms with Crippen LogP contribution in [0.2, 0.25) is 0 Å². The van der Waals surface area contributed by atoms with Crippen molar-refractivity contribution in [2.45, 2.75) is 6.92 Å². The molecule has 4 nitrogen and oxygen atoms in total. The number of carbonyl (C=O) groups excluding carboxylic acids is 1. The Bertz CT molecular complexity index is 894. The number of carbonyl (C=O) groups is 1. The van der Waals surface area contributed by atoms with Gasteiger partial charge < -0.3 is 10.6 Å². The molecule has 0 aliphatic heterocycles. The molecule has 25 heavy (non-hydrogen) atoms. The molecule has 0 bridgehead atoms. The highest BCUT2D eigenvalue weighted by molar-refractivity contribution is 6.03. The van der Waals surface area contributed by atoms with Gasteiger partial charge in [-0.05, 0) is 49.4 Å². The van der Waals surface area contributed by atoms with Gasteiger partial charge in [0, 0.05) is 11.3 Å². The number of anilines is 3. The van der Waals surface area contributed by atoms with Crippen LogP contribution in [0, 0.1) is 18.6 Å². The van der Waals surface area contributed by atoms with Gasteiger partial charge in [-0.25, -0.2) is 13.8 Å². The lowest BCUT2D eigenvalue weighted by molar-refractivity contribution is 0.102. The summed E-state index contributed by atoms with van der Waals surface area (Å²) >= 11 is 0. The zero-order valence-electron chi connectivity index (χ0n) is 13.4. The Labute approximate surface area is 143 Å². The molecule has 0 aliphatic carbocycles. The second-order valence-electron chi connectivity index (χ2n) is 5.51. The van der Waals surface area contributed by atoms with Gasteiger partial charge in [0.1, 0.15) is 5.82 Å². The first-order chi connectivity index (χ1) is 12.0. The highest BCUT2D eigenvalue weighted by atomic mass is 19.2. The number of halogens is 2. The van der Waals surface area contributed by atoms with Crippen LogP contribution in [0.15, 0.2) is 60.8 Å². The van der Waals surface area contributed by atoms with Crippen LogP contribution >= 0.6 is 0 Å². The molecule has 0 aliphatic rings. The molecule has 0 fully saturated rings. The number of hydrogen-bond acceptors (Lipinski definition) is 3. The molecule has 0 atom stereocenters. The normalized spacial score (nSPS) is 10.4. The van der Waals surface area contributed by atoms with Gasteiger partial charge in [-0.3, -0.25) is 4.79 Å². The number of aryl methyl sites for hydroxylation is 1. The minimum absolute atomic E-state index is 0.0163. The summed E-state index contributed by atoms with van der Waals surface area (Å²) in [6, 6.07) is 14.2. The largest absolute Gasteiger partial charge is 0.354 e. The van der Waals surface area contributed by atoms with Gasteiger partial charge in [-0.2, -0.15) is 0 Å². The van der Waals surface area contributed by atoms with E-state index < -0.39 is 17.5 Å². The maximum atomic E-state index is 13.2. The summed E-state index contributed by atoms with van der Waals surface area (Å²) in [6.45, 7) is 2.01. The third-order valence-corrected chi connectivity index (χ3v) is 3.53. The minimum Gasteiger partial charge on any atom is -0.354 e. The fourth-order valence-electron chi connectivity index (χ4n) is 2.17. The van der Waals surface area contributed by atoms with E-state index in [0.717, 1.165) is 23.5 Å². The Kier molecular flexibility index (Phi) is 4.70. The van der Waals surface area contributed by atoms with E-state index in [-0.39, 0.29) is 5.56 Å². The van der Waals surface area contributed by atoms with E-state index in [1.807, 2.05) is 31.2 Å². The molecule has 3 rings (SSSR count). The summed E-state index contributed by atoms with van der Waals surface area (Å²) < 4.78 is 26.1. The van der Waals surface area contributed by atoms with E-state index in [2.05, 4.69) is 15.6 Å². The summed E-state index contributed by atoms with van der Waals surface area (Å²) in [5.41, 5.74) is 2.86. The average molecular weight is 339 g/mol. The summed E-state index contributed by atoms with van der Waals surface area (Å²) in [5.74, 6) is -2.32. The SMILES string of the molecule is Cc1ccc(Nc2ccc(NC(=O)c3ccc(F)c(F)c3)nc2)cc1. The maximum Gasteiger partial charge on any atom is 0.256 e. The number of amides is 1. The van der Waals surface area contributed by atoms with E-state index in [1.54, 1.807) is 18.3 Å². The van der Waals surface area contributed by atoms with Gasteiger partial charge in [-0.1, -0.05) is 17.7 Å². The highest BCUT2D eigenvalue weighted by Crippen LogP contribution is 2.18. The van der Waals surface area contributed by atoms with Crippen LogP contribution in [0.25, 0.3) is 0 Å². The quantitative estimate of drug-likeness (QED) is 0.727. The molecule has 1 heterocycles. The summed E-state index contributed by atoms with van der Waals surface area (Å²) in [7, 11) is 0. The molecular formula is C19H15F2N3O. The molecule has 2 N–H and O–H groups in total. The number of pyridine rings is 1. The number of benzene rings is 2. The van der Waals surface area contributed by atoms with Crippen LogP contribution < -0.4 is 10.6 Å². The minimum atomic E-state index is -1.07. The van der Waals surface area contributed by atoms with Gasteiger partial charge in [0.25, 0.3) is 5.91 Å². The fraction of sp³-hybridized carbons (Fsp3) is 0.0526. The van der Waals surface area contributed by atoms with Crippen molar-refractivity contribution in [3.8, 4) is 0 Å². The topological polar surface area (TPSA) is 54.0 Å². The highest BCUT2D eigenvalue weighted by Gasteiger charge is 2.10. The van der Waals surface area contributed by atoms with Crippen molar-refractivity contribution in [3.05, 3.63) is 83.6 Å². The Morgan fingerprint density at radius 3 is 2.28 bits per heavy atom. The van der Waals surface area contributed by atoms with Crippen LogP contribution in [0.1, 0.15) is 15.9 Å². The smallest absolute Gasteiger partial charge is 0.256 e. The Hall–Kier alpha value is -3.28. The van der Waals surface area contributed by atoms with Crippen molar-refractivity contribution >= 4 is 23.1 Å². The molecule has 3 aromatic rings. The van der Waals surface area contributed by atoms with Gasteiger partial charge in [0.15, 0.2) is 11.6 Å². The van der Waals surface area contributed by atoms with Crippen LogP contribution in [0.5, 0.6) is 0 Å². The van der Waals surface area contributed by atoms with Crippen molar-refractivity contribution in [2.75, 3.05) is 10.6 Å². The van der Waals surface area contributed by atoms with Gasteiger partial charge in [0.2, 0.25) is 0 Å². The Balaban J connectivity index is 1.66. The lowest BCUT2D eigenvalue weighted by Crippen LogP contribution is -2.13. The molecule has 0 spiro atoms. The van der Waals surface area contributed by atoms with E-state index in [9.17, 15) is 13.6 Å². The first-order valence-electron chi connectivity index (χ1n) is 7.57. The number of nitrogens with one attached hydrogen (secondary N) is 2. The molecular weight excluding hydrogens is 324 g/mol. The van der Waals surface area contributed by atoms with Crippen molar-refractivity contribution < 1.29 is 13.6 Å². The monoisotopic (exact) mass is 339 g/mol. The summed E-state index contributed by atoms with van der Waals surface area (Å²) in [6.07, 6.45) is 1.57. The number of rotatable bonds is 4. The van der Waals surface area contributed by atoms with Crippen molar-refractivity contribution in [3.63, 3.8) is 0 Å². The molecule has 0 saturated heterocycles. The van der Waals surface area contributed by atoms with Crippen molar-refractivity contribution in [2.24, 2.45) is 0 Å². The number of hydrogen-bond donors (Lipinski definition) is 2. The molecule has 0 radical (unpaired) electrons. The van der Waals surface area contributed by atoms with Crippen LogP contribution in [0.3, 0.4) is 0 Å². The first-order valence-corrected chi connectivity index (χ1v) is 7.57. The summed E-state index contributed by atoms with van der Waals surface area (Å²) in [4.78, 5) is 16.2. The molecule has 6 heteroatoms. The van der Waals surface area contributed by atoms with Gasteiger partial charge in [-0.15, -0.1) is 0 Å². The lowest BCUT2D eigenvalue weighted by atomic mass is 10.2. The van der Waals surface area contributed by atoms with Crippen LogP contribution in [-0.2, 0) is 0 Å². The standard InChI is InChI=1S/C19H15F2N3O/c1-12-2-5-14(6-3-12)23-15-7-9-18(22-11-15)24-19(25)13-4-8-16(20)17(21)10-13/h2-11,23H,1H3,(H,22,24,25). The van der Waals surface area contributed by atoms with Crippen LogP contribution in [0.4, 0.5) is 26.0 Å². The molecule has 1 aromatic heterocycles. The molecule has 0 saturated carbocycles. The number of aromatic nitrogens is 1. The van der Waals surface area contributed by atoms with Gasteiger partial charge in [0.05, 0.1) is 11.9 Å². The number of nitrogens with zero attached hydrogens (tertiary/aromatic N) is 1. The second kappa shape index (κ2) is 7.09. The second-order valence-corrected chi connectivity index (χ2v) is 5.51. The molecule has 126 valence electrons. The van der Waals surface area contributed by atoms with E-state index in [0.29, 0.717) is 5.82 Å².